The van der Waals surface area contributed by atoms with Crippen LogP contribution < -0.4 is 0 Å². The van der Waals surface area contributed by atoms with Gasteiger partial charge in [0.05, 0.1) is 0 Å². The van der Waals surface area contributed by atoms with Crippen LogP contribution in [0.3, 0.4) is 0 Å². The van der Waals surface area contributed by atoms with Crippen LogP contribution in [0.15, 0.2) is 12.2 Å². The van der Waals surface area contributed by atoms with Crippen LogP contribution in [0.25, 0.3) is 0 Å². The zero-order chi connectivity index (χ0) is 16.1. The van der Waals surface area contributed by atoms with E-state index in [1.165, 1.54) is 4.90 Å². The summed E-state index contributed by atoms with van der Waals surface area (Å²) >= 11 is 0. The highest BCUT2D eigenvalue weighted by Crippen LogP contribution is 2.35. The van der Waals surface area contributed by atoms with Crippen molar-refractivity contribution in [3.8, 4) is 0 Å². The van der Waals surface area contributed by atoms with E-state index in [1.807, 2.05) is 19.1 Å². The Morgan fingerprint density at radius 2 is 2.00 bits per heavy atom. The predicted octanol–water partition coefficient (Wildman–Crippen LogP) is 3.59. The van der Waals surface area contributed by atoms with Gasteiger partial charge >= 0.3 is 12.1 Å². The average Bonchev–Trinajstić information content (AvgIpc) is 2.78. The van der Waals surface area contributed by atoms with Crippen molar-refractivity contribution in [3.05, 3.63) is 12.2 Å². The highest BCUT2D eigenvalue weighted by molar-refractivity contribution is 5.85. The van der Waals surface area contributed by atoms with Crippen molar-refractivity contribution >= 4 is 12.1 Å². The lowest BCUT2D eigenvalue weighted by Gasteiger charge is -2.35. The molecule has 0 aromatic heterocycles. The van der Waals surface area contributed by atoms with Gasteiger partial charge in [0.25, 0.3) is 0 Å². The monoisotopic (exact) mass is 297 g/mol. The number of carbonyl (C=O) groups excluding carboxylic acids is 1. The van der Waals surface area contributed by atoms with Crippen molar-refractivity contribution in [2.45, 2.75) is 70.9 Å². The standard InChI is InChI=1S/C16H27NO4/c1-5-6-7-8-10-16(13(18)19)11-9-12-17(16)14(20)21-15(2,3)4/h6-7H,5,8-12H2,1-4H3,(H,18,19)/b7-6-/t16-/m0/s1. The summed E-state index contributed by atoms with van der Waals surface area (Å²) in [5.41, 5.74) is -1.74. The topological polar surface area (TPSA) is 66.8 Å². The molecule has 0 aliphatic carbocycles. The molecule has 5 nitrogen and oxygen atoms in total. The third-order valence-electron chi connectivity index (χ3n) is 3.63. The first-order chi connectivity index (χ1) is 9.73. The van der Waals surface area contributed by atoms with E-state index in [-0.39, 0.29) is 0 Å². The summed E-state index contributed by atoms with van der Waals surface area (Å²) in [7, 11) is 0. The van der Waals surface area contributed by atoms with E-state index >= 15 is 0 Å². The molecule has 1 amide bonds. The Morgan fingerprint density at radius 1 is 1.33 bits per heavy atom. The molecule has 1 saturated heterocycles. The molecule has 1 heterocycles. The molecule has 1 fully saturated rings. The van der Waals surface area contributed by atoms with Gasteiger partial charge in [-0.25, -0.2) is 9.59 Å². The lowest BCUT2D eigenvalue weighted by atomic mass is 9.90. The summed E-state index contributed by atoms with van der Waals surface area (Å²) < 4.78 is 5.36. The second-order valence-electron chi connectivity index (χ2n) is 6.49. The lowest BCUT2D eigenvalue weighted by molar-refractivity contribution is -0.149. The number of rotatable bonds is 5. The molecular formula is C16H27NO4. The smallest absolute Gasteiger partial charge is 0.411 e. The molecule has 5 heteroatoms. The molecule has 1 aliphatic heterocycles. The number of hydrogen-bond acceptors (Lipinski definition) is 3. The van der Waals surface area contributed by atoms with Crippen LogP contribution >= 0.6 is 0 Å². The van der Waals surface area contributed by atoms with Crippen LogP contribution in [0.5, 0.6) is 0 Å². The molecule has 1 N–H and O–H groups in total. The van der Waals surface area contributed by atoms with E-state index in [0.29, 0.717) is 32.2 Å². The number of carboxylic acids is 1. The molecular weight excluding hydrogens is 270 g/mol. The summed E-state index contributed by atoms with van der Waals surface area (Å²) in [4.78, 5) is 25.5. The Labute approximate surface area is 127 Å². The summed E-state index contributed by atoms with van der Waals surface area (Å²) in [6, 6.07) is 0. The minimum absolute atomic E-state index is 0.429. The fourth-order valence-electron chi connectivity index (χ4n) is 2.66. The van der Waals surface area contributed by atoms with Gasteiger partial charge in [0.15, 0.2) is 0 Å². The van der Waals surface area contributed by atoms with Crippen molar-refractivity contribution < 1.29 is 19.4 Å². The number of hydrogen-bond donors (Lipinski definition) is 1. The summed E-state index contributed by atoms with van der Waals surface area (Å²) in [5.74, 6) is -0.934. The van der Waals surface area contributed by atoms with Crippen LogP contribution in [0.4, 0.5) is 4.79 Å². The van der Waals surface area contributed by atoms with Gasteiger partial charge in [0.1, 0.15) is 11.1 Å². The van der Waals surface area contributed by atoms with Crippen molar-refractivity contribution in [3.63, 3.8) is 0 Å². The third kappa shape index (κ3) is 4.48. The molecule has 0 aromatic rings. The molecule has 1 aliphatic rings. The highest BCUT2D eigenvalue weighted by atomic mass is 16.6. The fraction of sp³-hybridized carbons (Fsp3) is 0.750. The maximum atomic E-state index is 12.3. The van der Waals surface area contributed by atoms with Crippen LogP contribution in [0.2, 0.25) is 0 Å². The van der Waals surface area contributed by atoms with Crippen molar-refractivity contribution in [1.82, 2.24) is 4.90 Å². The van der Waals surface area contributed by atoms with E-state index in [9.17, 15) is 14.7 Å². The maximum absolute atomic E-state index is 12.3. The fourth-order valence-corrected chi connectivity index (χ4v) is 2.66. The Balaban J connectivity index is 2.87. The number of likely N-dealkylation sites (tertiary alicyclic amines) is 1. The molecule has 0 spiro atoms. The van der Waals surface area contributed by atoms with E-state index in [0.717, 1.165) is 6.42 Å². The lowest BCUT2D eigenvalue weighted by Crippen LogP contribution is -2.54. The molecule has 1 atom stereocenters. The molecule has 120 valence electrons. The summed E-state index contributed by atoms with van der Waals surface area (Å²) in [6.45, 7) is 7.83. The Bertz CT molecular complexity index is 411. The third-order valence-corrected chi connectivity index (χ3v) is 3.63. The Morgan fingerprint density at radius 3 is 2.52 bits per heavy atom. The normalized spacial score (nSPS) is 22.8. The van der Waals surface area contributed by atoms with Crippen molar-refractivity contribution in [2.75, 3.05) is 6.54 Å². The quantitative estimate of drug-likeness (QED) is 0.787. The first kappa shape index (κ1) is 17.5. The van der Waals surface area contributed by atoms with Gasteiger partial charge in [-0.05, 0) is 52.9 Å². The second-order valence-corrected chi connectivity index (χ2v) is 6.49. The van der Waals surface area contributed by atoms with E-state index < -0.39 is 23.2 Å². The molecule has 0 radical (unpaired) electrons. The van der Waals surface area contributed by atoms with Gasteiger partial charge in [-0.1, -0.05) is 19.1 Å². The minimum Gasteiger partial charge on any atom is -0.479 e. The largest absolute Gasteiger partial charge is 0.479 e. The van der Waals surface area contributed by atoms with Crippen LogP contribution in [-0.4, -0.2) is 39.8 Å². The van der Waals surface area contributed by atoms with Gasteiger partial charge < -0.3 is 9.84 Å². The van der Waals surface area contributed by atoms with Crippen molar-refractivity contribution in [1.29, 1.82) is 0 Å². The van der Waals surface area contributed by atoms with E-state index in [1.54, 1.807) is 20.8 Å². The molecule has 0 aromatic carbocycles. The Hall–Kier alpha value is -1.52. The Kier molecular flexibility index (Phi) is 5.81. The first-order valence-corrected chi connectivity index (χ1v) is 7.62. The van der Waals surface area contributed by atoms with E-state index in [4.69, 9.17) is 4.74 Å². The average molecular weight is 297 g/mol. The predicted molar refractivity (Wildman–Crippen MR) is 81.2 cm³/mol. The minimum atomic E-state index is -1.12. The number of carboxylic acid groups (broad SMARTS) is 1. The zero-order valence-corrected chi connectivity index (χ0v) is 13.5. The highest BCUT2D eigenvalue weighted by Gasteiger charge is 2.50. The molecule has 0 saturated carbocycles. The molecule has 1 rings (SSSR count). The van der Waals surface area contributed by atoms with Gasteiger partial charge in [0.2, 0.25) is 0 Å². The molecule has 0 bridgehead atoms. The second kappa shape index (κ2) is 6.96. The van der Waals surface area contributed by atoms with Gasteiger partial charge in [-0.15, -0.1) is 0 Å². The number of nitrogens with zero attached hydrogens (tertiary/aromatic N) is 1. The molecule has 0 unspecified atom stereocenters. The SMILES string of the molecule is CC/C=C\CC[C@@]1(C(=O)O)CCCN1C(=O)OC(C)(C)C. The van der Waals surface area contributed by atoms with Crippen LogP contribution in [-0.2, 0) is 9.53 Å². The number of carbonyl (C=O) groups is 2. The summed E-state index contributed by atoms with van der Waals surface area (Å²) in [6.07, 6.45) is 6.66. The van der Waals surface area contributed by atoms with Crippen LogP contribution in [0.1, 0.15) is 59.8 Å². The van der Waals surface area contributed by atoms with E-state index in [2.05, 4.69) is 0 Å². The first-order valence-electron chi connectivity index (χ1n) is 7.62. The molecule has 21 heavy (non-hydrogen) atoms. The number of allylic oxidation sites excluding steroid dienone is 2. The van der Waals surface area contributed by atoms with Gasteiger partial charge in [-0.2, -0.15) is 0 Å². The zero-order valence-electron chi connectivity index (χ0n) is 13.5. The summed E-state index contributed by atoms with van der Waals surface area (Å²) in [5, 5.41) is 9.66. The van der Waals surface area contributed by atoms with Crippen molar-refractivity contribution in [2.24, 2.45) is 0 Å². The van der Waals surface area contributed by atoms with Gasteiger partial charge in [0, 0.05) is 6.54 Å². The van der Waals surface area contributed by atoms with Crippen LogP contribution in [0, 0.1) is 0 Å². The van der Waals surface area contributed by atoms with Gasteiger partial charge in [-0.3, -0.25) is 4.90 Å². The number of aliphatic carboxylic acids is 1. The number of amides is 1. The maximum Gasteiger partial charge on any atom is 0.411 e. The number of ether oxygens (including phenoxy) is 1.